The highest BCUT2D eigenvalue weighted by atomic mass is 32.1. The lowest BCUT2D eigenvalue weighted by atomic mass is 10.2. The van der Waals surface area contributed by atoms with Gasteiger partial charge in [-0.05, 0) is 43.5 Å². The third-order valence-corrected chi connectivity index (χ3v) is 7.55. The Morgan fingerprint density at radius 3 is 2.94 bits per heavy atom. The first-order valence-electron chi connectivity index (χ1n) is 11.1. The molecule has 0 unspecified atom stereocenters. The molecule has 1 saturated heterocycles. The lowest BCUT2D eigenvalue weighted by Gasteiger charge is -2.15. The molecule has 4 aromatic rings. The second-order valence-corrected chi connectivity index (χ2v) is 9.66. The molecule has 1 aliphatic heterocycles. The zero-order valence-electron chi connectivity index (χ0n) is 18.0. The first kappa shape index (κ1) is 19.9. The standard InChI is InChI=1S/C25H22N6OS/c1-2-21(32)30-10-9-18(13-30)31-12-17(22-23(26)27-14-28-24(22)31)5-3-15-4-8-20-19(11-15)29-25(33-20)16-6-7-16/h2,4,8,11-12,14,16,18H,1,6-7,9-10,13H2,(H2,26,27,28)/t18-/m0/s1. The van der Waals surface area contributed by atoms with E-state index in [0.29, 0.717) is 24.8 Å². The molecule has 1 saturated carbocycles. The van der Waals surface area contributed by atoms with Crippen LogP contribution >= 0.6 is 11.3 Å². The predicted octanol–water partition coefficient (Wildman–Crippen LogP) is 3.86. The number of nitrogen functional groups attached to an aromatic ring is 1. The van der Waals surface area contributed by atoms with E-state index >= 15 is 0 Å². The van der Waals surface area contributed by atoms with Gasteiger partial charge in [-0.25, -0.2) is 15.0 Å². The molecule has 2 aliphatic rings. The van der Waals surface area contributed by atoms with E-state index in [2.05, 4.69) is 45.1 Å². The smallest absolute Gasteiger partial charge is 0.246 e. The molecule has 0 radical (unpaired) electrons. The summed E-state index contributed by atoms with van der Waals surface area (Å²) in [5.41, 5.74) is 9.68. The Labute approximate surface area is 195 Å². The third kappa shape index (κ3) is 3.55. The summed E-state index contributed by atoms with van der Waals surface area (Å²) in [6, 6.07) is 6.31. The van der Waals surface area contributed by atoms with Crippen LogP contribution < -0.4 is 5.73 Å². The van der Waals surface area contributed by atoms with Crippen LogP contribution in [0.5, 0.6) is 0 Å². The van der Waals surface area contributed by atoms with Crippen molar-refractivity contribution in [2.24, 2.45) is 0 Å². The van der Waals surface area contributed by atoms with Crippen molar-refractivity contribution in [3.8, 4) is 11.8 Å². The fraction of sp³-hybridized carbons (Fsp3) is 0.280. The molecule has 8 heteroatoms. The van der Waals surface area contributed by atoms with Crippen LogP contribution in [0.25, 0.3) is 21.3 Å². The number of carbonyl (C=O) groups is 1. The largest absolute Gasteiger partial charge is 0.383 e. The molecule has 0 spiro atoms. The van der Waals surface area contributed by atoms with Crippen LogP contribution in [0, 0.1) is 11.8 Å². The molecule has 2 fully saturated rings. The maximum atomic E-state index is 12.0. The molecule has 4 heterocycles. The van der Waals surface area contributed by atoms with Crippen molar-refractivity contribution in [1.29, 1.82) is 0 Å². The number of fused-ring (bicyclic) bond motifs is 2. The summed E-state index contributed by atoms with van der Waals surface area (Å²) < 4.78 is 3.29. The SMILES string of the molecule is C=CC(=O)N1CC[C@H](n2cc(C#Cc3ccc4sc(C5CC5)nc4c3)c3c(N)ncnc32)C1. The minimum absolute atomic E-state index is 0.0506. The molecular weight excluding hydrogens is 432 g/mol. The highest BCUT2D eigenvalue weighted by molar-refractivity contribution is 7.18. The van der Waals surface area contributed by atoms with E-state index in [4.69, 9.17) is 10.7 Å². The summed E-state index contributed by atoms with van der Waals surface area (Å²) in [5.74, 6) is 7.58. The Morgan fingerprint density at radius 2 is 2.12 bits per heavy atom. The van der Waals surface area contributed by atoms with Crippen LogP contribution in [0.1, 0.15) is 47.4 Å². The fourth-order valence-corrected chi connectivity index (χ4v) is 5.56. The number of rotatable bonds is 3. The summed E-state index contributed by atoms with van der Waals surface area (Å²) in [5, 5.41) is 1.99. The lowest BCUT2D eigenvalue weighted by molar-refractivity contribution is -0.125. The topological polar surface area (TPSA) is 89.9 Å². The molecule has 164 valence electrons. The molecule has 33 heavy (non-hydrogen) atoms. The quantitative estimate of drug-likeness (QED) is 0.375. The Morgan fingerprint density at radius 1 is 1.24 bits per heavy atom. The van der Waals surface area contributed by atoms with Crippen molar-refractivity contribution < 1.29 is 4.79 Å². The molecule has 2 N–H and O–H groups in total. The van der Waals surface area contributed by atoms with Gasteiger partial charge in [0.1, 0.15) is 17.8 Å². The molecule has 1 aliphatic carbocycles. The van der Waals surface area contributed by atoms with E-state index in [1.807, 2.05) is 12.3 Å². The van der Waals surface area contributed by atoms with E-state index in [1.165, 1.54) is 35.0 Å². The molecule has 1 aromatic carbocycles. The number of benzene rings is 1. The summed E-state index contributed by atoms with van der Waals surface area (Å²) in [6.45, 7) is 4.89. The Kier molecular flexibility index (Phi) is 4.66. The van der Waals surface area contributed by atoms with Gasteiger partial charge < -0.3 is 15.2 Å². The van der Waals surface area contributed by atoms with E-state index in [-0.39, 0.29) is 11.9 Å². The van der Waals surface area contributed by atoms with E-state index in [1.54, 1.807) is 16.2 Å². The molecule has 6 rings (SSSR count). The number of nitrogens with zero attached hydrogens (tertiary/aromatic N) is 5. The first-order chi connectivity index (χ1) is 16.1. The number of likely N-dealkylation sites (tertiary alicyclic amines) is 1. The van der Waals surface area contributed by atoms with Gasteiger partial charge >= 0.3 is 0 Å². The normalized spacial score (nSPS) is 17.9. The third-order valence-electron chi connectivity index (χ3n) is 6.35. The van der Waals surface area contributed by atoms with Crippen molar-refractivity contribution in [3.05, 3.63) is 59.5 Å². The molecule has 3 aromatic heterocycles. The zero-order chi connectivity index (χ0) is 22.5. The van der Waals surface area contributed by atoms with Crippen molar-refractivity contribution in [2.75, 3.05) is 18.8 Å². The van der Waals surface area contributed by atoms with Crippen LogP contribution in [-0.2, 0) is 4.79 Å². The van der Waals surface area contributed by atoms with Gasteiger partial charge in [0, 0.05) is 30.8 Å². The molecule has 7 nitrogen and oxygen atoms in total. The van der Waals surface area contributed by atoms with Crippen molar-refractivity contribution in [3.63, 3.8) is 0 Å². The van der Waals surface area contributed by atoms with Gasteiger partial charge in [-0.15, -0.1) is 11.3 Å². The van der Waals surface area contributed by atoms with E-state index in [0.717, 1.165) is 34.1 Å². The average molecular weight is 455 g/mol. The molecule has 0 bridgehead atoms. The van der Waals surface area contributed by atoms with Gasteiger partial charge in [-0.2, -0.15) is 0 Å². The summed E-state index contributed by atoms with van der Waals surface area (Å²) in [7, 11) is 0. The average Bonchev–Trinajstić information content (AvgIpc) is 3.24. The Balaban J connectivity index is 1.36. The number of thiazole rings is 1. The molecule has 1 amide bonds. The predicted molar refractivity (Wildman–Crippen MR) is 130 cm³/mol. The van der Waals surface area contributed by atoms with Crippen molar-refractivity contribution >= 4 is 44.3 Å². The number of aromatic nitrogens is 4. The van der Waals surface area contributed by atoms with Crippen LogP contribution in [0.4, 0.5) is 5.82 Å². The van der Waals surface area contributed by atoms with Gasteiger partial charge in [0.05, 0.1) is 32.2 Å². The van der Waals surface area contributed by atoms with Crippen molar-refractivity contribution in [2.45, 2.75) is 31.2 Å². The monoisotopic (exact) mass is 454 g/mol. The number of carbonyl (C=O) groups excluding carboxylic acids is 1. The van der Waals surface area contributed by atoms with Gasteiger partial charge in [0.15, 0.2) is 0 Å². The maximum Gasteiger partial charge on any atom is 0.246 e. The van der Waals surface area contributed by atoms with E-state index < -0.39 is 0 Å². The minimum Gasteiger partial charge on any atom is -0.383 e. The number of hydrogen-bond donors (Lipinski definition) is 1. The number of amides is 1. The summed E-state index contributed by atoms with van der Waals surface area (Å²) in [6.07, 6.45) is 8.16. The van der Waals surface area contributed by atoms with Crippen LogP contribution in [0.2, 0.25) is 0 Å². The lowest BCUT2D eigenvalue weighted by Crippen LogP contribution is -2.27. The van der Waals surface area contributed by atoms with Crippen molar-refractivity contribution in [1.82, 2.24) is 24.4 Å². The molecular formula is C25H22N6OS. The second-order valence-electron chi connectivity index (χ2n) is 8.60. The zero-order valence-corrected chi connectivity index (χ0v) is 18.8. The Bertz CT molecular complexity index is 1490. The van der Waals surface area contributed by atoms with Gasteiger partial charge in [-0.3, -0.25) is 4.79 Å². The van der Waals surface area contributed by atoms with Gasteiger partial charge in [0.2, 0.25) is 5.91 Å². The summed E-state index contributed by atoms with van der Waals surface area (Å²) in [4.78, 5) is 27.3. The molecule has 1 atom stereocenters. The number of nitrogens with two attached hydrogens (primary N) is 1. The van der Waals surface area contributed by atoms with Gasteiger partial charge in [0.25, 0.3) is 0 Å². The maximum absolute atomic E-state index is 12.0. The van der Waals surface area contributed by atoms with Crippen LogP contribution in [0.15, 0.2) is 43.4 Å². The number of anilines is 1. The summed E-state index contributed by atoms with van der Waals surface area (Å²) >= 11 is 1.79. The van der Waals surface area contributed by atoms with Gasteiger partial charge in [-0.1, -0.05) is 18.4 Å². The minimum atomic E-state index is -0.0506. The van der Waals surface area contributed by atoms with E-state index in [9.17, 15) is 4.79 Å². The first-order valence-corrected chi connectivity index (χ1v) is 11.9. The highest BCUT2D eigenvalue weighted by Crippen LogP contribution is 2.43. The Hall–Kier alpha value is -3.70. The fourth-order valence-electron chi connectivity index (χ4n) is 4.45. The highest BCUT2D eigenvalue weighted by Gasteiger charge is 2.29. The van der Waals surface area contributed by atoms with Crippen LogP contribution in [-0.4, -0.2) is 43.4 Å². The second kappa shape index (κ2) is 7.71. The van der Waals surface area contributed by atoms with Crippen LogP contribution in [0.3, 0.4) is 0 Å². The number of hydrogen-bond acceptors (Lipinski definition) is 6.